The predicted molar refractivity (Wildman–Crippen MR) is 123 cm³/mol. The van der Waals surface area contributed by atoms with Gasteiger partial charge in [0.05, 0.1) is 22.2 Å². The summed E-state index contributed by atoms with van der Waals surface area (Å²) in [4.78, 5) is 42.3. The Hall–Kier alpha value is -2.87. The molecule has 3 amide bonds. The molecule has 3 heterocycles. The molecule has 0 spiro atoms. The van der Waals surface area contributed by atoms with Gasteiger partial charge in [-0.3, -0.25) is 14.4 Å². The summed E-state index contributed by atoms with van der Waals surface area (Å²) in [6.45, 7) is 2.91. The van der Waals surface area contributed by atoms with Gasteiger partial charge in [-0.1, -0.05) is 6.07 Å². The highest BCUT2D eigenvalue weighted by molar-refractivity contribution is 7.12. The van der Waals surface area contributed by atoms with E-state index in [4.69, 9.17) is 5.73 Å². The number of hydrogen-bond donors (Lipinski definition) is 2. The summed E-state index contributed by atoms with van der Waals surface area (Å²) < 4.78 is 0. The minimum atomic E-state index is -0.522. The molecule has 1 unspecified atom stereocenters. The summed E-state index contributed by atoms with van der Waals surface area (Å²) in [6.07, 6.45) is 4.93. The number of piperidine rings is 2. The van der Waals surface area contributed by atoms with E-state index in [-0.39, 0.29) is 17.7 Å². The van der Waals surface area contributed by atoms with Crippen LogP contribution in [0.5, 0.6) is 0 Å². The van der Waals surface area contributed by atoms with Gasteiger partial charge in [0.25, 0.3) is 5.91 Å². The third-order valence-electron chi connectivity index (χ3n) is 6.05. The first-order chi connectivity index (χ1) is 15.0. The molecule has 1 atom stereocenters. The zero-order valence-corrected chi connectivity index (χ0v) is 18.3. The molecule has 0 aliphatic carbocycles. The number of anilines is 2. The van der Waals surface area contributed by atoms with Crippen LogP contribution in [-0.4, -0.2) is 48.8 Å². The SMILES string of the molecule is NC(=O)c1ccc(N2CCCCC2)c(NC(=O)C2CCCN(C(=O)c3cccs3)C2)c1. The van der Waals surface area contributed by atoms with Crippen molar-refractivity contribution in [1.82, 2.24) is 4.90 Å². The molecule has 2 aliphatic heterocycles. The number of nitrogens with zero attached hydrogens (tertiary/aromatic N) is 2. The Bertz CT molecular complexity index is 954. The topological polar surface area (TPSA) is 95.7 Å². The molecule has 4 rings (SSSR count). The maximum atomic E-state index is 13.2. The molecule has 2 saturated heterocycles. The number of carbonyl (C=O) groups excluding carboxylic acids is 3. The smallest absolute Gasteiger partial charge is 0.263 e. The molecule has 2 aromatic rings. The van der Waals surface area contributed by atoms with Gasteiger partial charge in [0.1, 0.15) is 0 Å². The summed E-state index contributed by atoms with van der Waals surface area (Å²) in [5.41, 5.74) is 7.38. The van der Waals surface area contributed by atoms with Crippen LogP contribution in [0.1, 0.15) is 52.1 Å². The standard InChI is InChI=1S/C23H28N4O3S/c24-21(28)16-8-9-19(26-10-2-1-3-11-26)18(14-16)25-22(29)17-6-4-12-27(15-17)23(30)20-7-5-13-31-20/h5,7-9,13-14,17H,1-4,6,10-12,15H2,(H2,24,28)(H,25,29). The maximum absolute atomic E-state index is 13.2. The molecule has 0 radical (unpaired) electrons. The largest absolute Gasteiger partial charge is 0.370 e. The lowest BCUT2D eigenvalue weighted by Gasteiger charge is -2.33. The molecular formula is C23H28N4O3S. The van der Waals surface area contributed by atoms with Crippen LogP contribution in [0.15, 0.2) is 35.7 Å². The quantitative estimate of drug-likeness (QED) is 0.745. The maximum Gasteiger partial charge on any atom is 0.263 e. The zero-order chi connectivity index (χ0) is 21.8. The van der Waals surface area contributed by atoms with Gasteiger partial charge in [-0.15, -0.1) is 11.3 Å². The van der Waals surface area contributed by atoms with Gasteiger partial charge in [0.15, 0.2) is 0 Å². The van der Waals surface area contributed by atoms with E-state index < -0.39 is 5.91 Å². The molecule has 0 saturated carbocycles. The second kappa shape index (κ2) is 9.51. The first-order valence-corrected chi connectivity index (χ1v) is 11.7. The fraction of sp³-hybridized carbons (Fsp3) is 0.435. The van der Waals surface area contributed by atoms with Crippen LogP contribution < -0.4 is 16.0 Å². The van der Waals surface area contributed by atoms with Gasteiger partial charge >= 0.3 is 0 Å². The van der Waals surface area contributed by atoms with E-state index >= 15 is 0 Å². The molecule has 2 fully saturated rings. The Labute approximate surface area is 186 Å². The predicted octanol–water partition coefficient (Wildman–Crippen LogP) is 3.33. The highest BCUT2D eigenvalue weighted by Gasteiger charge is 2.30. The summed E-state index contributed by atoms with van der Waals surface area (Å²) in [5.74, 6) is -0.948. The Kier molecular flexibility index (Phi) is 6.56. The van der Waals surface area contributed by atoms with Crippen molar-refractivity contribution in [2.45, 2.75) is 32.1 Å². The van der Waals surface area contributed by atoms with E-state index in [2.05, 4.69) is 10.2 Å². The van der Waals surface area contributed by atoms with Crippen molar-refractivity contribution < 1.29 is 14.4 Å². The number of thiophene rings is 1. The third kappa shape index (κ3) is 4.90. The minimum absolute atomic E-state index is 0.0165. The summed E-state index contributed by atoms with van der Waals surface area (Å²) >= 11 is 1.42. The summed E-state index contributed by atoms with van der Waals surface area (Å²) in [7, 11) is 0. The molecule has 1 aromatic carbocycles. The lowest BCUT2D eigenvalue weighted by atomic mass is 9.96. The van der Waals surface area contributed by atoms with E-state index in [0.29, 0.717) is 29.2 Å². The fourth-order valence-corrected chi connectivity index (χ4v) is 5.06. The summed E-state index contributed by atoms with van der Waals surface area (Å²) in [6, 6.07) is 8.93. The van der Waals surface area contributed by atoms with Crippen molar-refractivity contribution in [1.29, 1.82) is 0 Å². The molecule has 0 bridgehead atoms. The van der Waals surface area contributed by atoms with Gasteiger partial charge in [-0.05, 0) is 61.7 Å². The highest BCUT2D eigenvalue weighted by Crippen LogP contribution is 2.31. The molecule has 3 N–H and O–H groups in total. The zero-order valence-electron chi connectivity index (χ0n) is 17.5. The number of primary amides is 1. The number of likely N-dealkylation sites (tertiary alicyclic amines) is 1. The third-order valence-corrected chi connectivity index (χ3v) is 6.90. The van der Waals surface area contributed by atoms with Crippen molar-refractivity contribution in [3.63, 3.8) is 0 Å². The number of carbonyl (C=O) groups is 3. The van der Waals surface area contributed by atoms with Crippen molar-refractivity contribution in [3.8, 4) is 0 Å². The second-order valence-electron chi connectivity index (χ2n) is 8.20. The number of rotatable bonds is 5. The van der Waals surface area contributed by atoms with E-state index in [1.54, 1.807) is 17.0 Å². The number of amides is 3. The Morgan fingerprint density at radius 2 is 1.84 bits per heavy atom. The highest BCUT2D eigenvalue weighted by atomic mass is 32.1. The Morgan fingerprint density at radius 1 is 1.03 bits per heavy atom. The van der Waals surface area contributed by atoms with Crippen LogP contribution >= 0.6 is 11.3 Å². The van der Waals surface area contributed by atoms with Crippen molar-refractivity contribution >= 4 is 40.4 Å². The Balaban J connectivity index is 1.50. The van der Waals surface area contributed by atoms with Crippen LogP contribution in [0.2, 0.25) is 0 Å². The molecule has 164 valence electrons. The molecule has 2 aliphatic rings. The number of hydrogen-bond acceptors (Lipinski definition) is 5. The van der Waals surface area contributed by atoms with Gasteiger partial charge in [0.2, 0.25) is 11.8 Å². The van der Waals surface area contributed by atoms with E-state index in [1.165, 1.54) is 17.8 Å². The fourth-order valence-electron chi connectivity index (χ4n) is 4.37. The van der Waals surface area contributed by atoms with Crippen LogP contribution in [0.4, 0.5) is 11.4 Å². The van der Waals surface area contributed by atoms with Crippen molar-refractivity contribution in [2.24, 2.45) is 11.7 Å². The van der Waals surface area contributed by atoms with Gasteiger partial charge in [0, 0.05) is 31.7 Å². The molecule has 31 heavy (non-hydrogen) atoms. The average molecular weight is 441 g/mol. The van der Waals surface area contributed by atoms with Crippen molar-refractivity contribution in [2.75, 3.05) is 36.4 Å². The van der Waals surface area contributed by atoms with Crippen LogP contribution in [-0.2, 0) is 4.79 Å². The normalized spacial score (nSPS) is 19.2. The van der Waals surface area contributed by atoms with Gasteiger partial charge in [-0.2, -0.15) is 0 Å². The van der Waals surface area contributed by atoms with E-state index in [0.717, 1.165) is 44.5 Å². The van der Waals surface area contributed by atoms with E-state index in [9.17, 15) is 14.4 Å². The van der Waals surface area contributed by atoms with Gasteiger partial charge in [-0.25, -0.2) is 0 Å². The molecule has 8 heteroatoms. The van der Waals surface area contributed by atoms with Crippen LogP contribution in [0.3, 0.4) is 0 Å². The first-order valence-electron chi connectivity index (χ1n) is 10.9. The minimum Gasteiger partial charge on any atom is -0.370 e. The van der Waals surface area contributed by atoms with Crippen molar-refractivity contribution in [3.05, 3.63) is 46.2 Å². The lowest BCUT2D eigenvalue weighted by molar-refractivity contribution is -0.121. The number of nitrogens with two attached hydrogens (primary N) is 1. The number of benzene rings is 1. The first kappa shape index (κ1) is 21.4. The molecule has 1 aromatic heterocycles. The molecular weight excluding hydrogens is 412 g/mol. The Morgan fingerprint density at radius 3 is 2.55 bits per heavy atom. The second-order valence-corrected chi connectivity index (χ2v) is 9.15. The molecule has 7 nitrogen and oxygen atoms in total. The lowest BCUT2D eigenvalue weighted by Crippen LogP contribution is -2.43. The van der Waals surface area contributed by atoms with E-state index in [1.807, 2.05) is 23.6 Å². The average Bonchev–Trinajstić information content (AvgIpc) is 3.34. The monoisotopic (exact) mass is 440 g/mol. The summed E-state index contributed by atoms with van der Waals surface area (Å²) in [5, 5.41) is 4.93. The number of nitrogens with one attached hydrogen (secondary N) is 1. The van der Waals surface area contributed by atoms with Crippen LogP contribution in [0.25, 0.3) is 0 Å². The van der Waals surface area contributed by atoms with Gasteiger partial charge < -0.3 is 20.9 Å². The van der Waals surface area contributed by atoms with Crippen LogP contribution in [0, 0.1) is 5.92 Å².